The Morgan fingerprint density at radius 2 is 2.09 bits per heavy atom. The summed E-state index contributed by atoms with van der Waals surface area (Å²) in [5.74, 6) is 1.49. The second-order valence-electron chi connectivity index (χ2n) is 5.28. The van der Waals surface area contributed by atoms with E-state index in [1.54, 1.807) is 12.1 Å². The van der Waals surface area contributed by atoms with Gasteiger partial charge < -0.3 is 14.5 Å². The molecule has 0 saturated carbocycles. The molecule has 0 radical (unpaired) electrons. The molecule has 116 valence electrons. The molecule has 22 heavy (non-hydrogen) atoms. The molecule has 0 spiro atoms. The molecule has 0 unspecified atom stereocenters. The summed E-state index contributed by atoms with van der Waals surface area (Å²) in [7, 11) is 0. The van der Waals surface area contributed by atoms with Crippen LogP contribution in [0, 0.1) is 0 Å². The largest absolute Gasteiger partial charge is 0.485 e. The maximum Gasteiger partial charge on any atom is 0.287 e. The Labute approximate surface area is 130 Å². The van der Waals surface area contributed by atoms with Crippen molar-refractivity contribution in [2.75, 3.05) is 0 Å². The van der Waals surface area contributed by atoms with Crippen LogP contribution >= 0.6 is 0 Å². The van der Waals surface area contributed by atoms with Gasteiger partial charge in [0.05, 0.1) is 0 Å². The number of hydrogen-bond acceptors (Lipinski definition) is 3. The standard InChI is InChI=1S/C18H21NO3/c1-4-7-14-8-5-6-9-16(14)21-12-15-10-11-17(22-15)18(20)19-13(2)3/h4-6,8-11,13H,1,7,12H2,2-3H3,(H,19,20). The predicted octanol–water partition coefficient (Wildman–Crippen LogP) is 3.73. The summed E-state index contributed by atoms with van der Waals surface area (Å²) in [5.41, 5.74) is 1.07. The second-order valence-corrected chi connectivity index (χ2v) is 5.28. The molecule has 0 atom stereocenters. The van der Waals surface area contributed by atoms with Gasteiger partial charge in [0.2, 0.25) is 0 Å². The van der Waals surface area contributed by atoms with Gasteiger partial charge in [0.1, 0.15) is 18.1 Å². The van der Waals surface area contributed by atoms with Gasteiger partial charge in [-0.05, 0) is 44.0 Å². The molecule has 0 bridgehead atoms. The molecule has 1 aromatic heterocycles. The first-order valence-corrected chi connectivity index (χ1v) is 7.31. The molecule has 1 heterocycles. The minimum absolute atomic E-state index is 0.0723. The van der Waals surface area contributed by atoms with Crippen LogP contribution in [-0.2, 0) is 13.0 Å². The van der Waals surface area contributed by atoms with Gasteiger partial charge >= 0.3 is 0 Å². The molecule has 0 aliphatic heterocycles. The lowest BCUT2D eigenvalue weighted by atomic mass is 10.1. The van der Waals surface area contributed by atoms with Crippen molar-refractivity contribution in [1.82, 2.24) is 5.32 Å². The van der Waals surface area contributed by atoms with Crippen LogP contribution < -0.4 is 10.1 Å². The number of benzene rings is 1. The van der Waals surface area contributed by atoms with E-state index in [1.165, 1.54) is 0 Å². The maximum absolute atomic E-state index is 11.8. The van der Waals surface area contributed by atoms with Crippen LogP contribution in [0.3, 0.4) is 0 Å². The number of allylic oxidation sites excluding steroid dienone is 1. The molecule has 0 saturated heterocycles. The van der Waals surface area contributed by atoms with E-state index in [-0.39, 0.29) is 18.6 Å². The smallest absolute Gasteiger partial charge is 0.287 e. The summed E-state index contributed by atoms with van der Waals surface area (Å²) >= 11 is 0. The summed E-state index contributed by atoms with van der Waals surface area (Å²) in [4.78, 5) is 11.8. The van der Waals surface area contributed by atoms with Gasteiger partial charge in [-0.25, -0.2) is 0 Å². The highest BCUT2D eigenvalue weighted by Crippen LogP contribution is 2.20. The number of rotatable bonds is 7. The van der Waals surface area contributed by atoms with Gasteiger partial charge in [-0.2, -0.15) is 0 Å². The van der Waals surface area contributed by atoms with Crippen molar-refractivity contribution in [3.63, 3.8) is 0 Å². The van der Waals surface area contributed by atoms with E-state index in [0.717, 1.165) is 17.7 Å². The zero-order valence-corrected chi connectivity index (χ0v) is 13.0. The number of ether oxygens (including phenoxy) is 1. The van der Waals surface area contributed by atoms with Crippen LogP contribution in [0.15, 0.2) is 53.5 Å². The van der Waals surface area contributed by atoms with Crippen LogP contribution in [0.4, 0.5) is 0 Å². The first kappa shape index (κ1) is 15.9. The van der Waals surface area contributed by atoms with Crippen LogP contribution in [0.1, 0.15) is 35.7 Å². The summed E-state index contributed by atoms with van der Waals surface area (Å²) < 4.78 is 11.3. The molecule has 0 fully saturated rings. The fourth-order valence-electron chi connectivity index (χ4n) is 2.03. The second kappa shape index (κ2) is 7.50. The van der Waals surface area contributed by atoms with Crippen molar-refractivity contribution in [3.8, 4) is 5.75 Å². The number of amides is 1. The SMILES string of the molecule is C=CCc1ccccc1OCc1ccc(C(=O)NC(C)C)o1. The Morgan fingerprint density at radius 1 is 1.32 bits per heavy atom. The van der Waals surface area contributed by atoms with Gasteiger partial charge in [0.15, 0.2) is 5.76 Å². The van der Waals surface area contributed by atoms with E-state index in [1.807, 2.05) is 44.2 Å². The fraction of sp³-hybridized carbons (Fsp3) is 0.278. The lowest BCUT2D eigenvalue weighted by Crippen LogP contribution is -2.29. The van der Waals surface area contributed by atoms with Crippen LogP contribution in [0.2, 0.25) is 0 Å². The molecule has 4 heteroatoms. The topological polar surface area (TPSA) is 51.5 Å². The third-order valence-electron chi connectivity index (χ3n) is 3.01. The Balaban J connectivity index is 1.99. The third-order valence-corrected chi connectivity index (χ3v) is 3.01. The zero-order valence-electron chi connectivity index (χ0n) is 13.0. The zero-order chi connectivity index (χ0) is 15.9. The molecular weight excluding hydrogens is 278 g/mol. The van der Waals surface area contributed by atoms with Crippen molar-refractivity contribution in [2.45, 2.75) is 32.9 Å². The van der Waals surface area contributed by atoms with E-state index in [0.29, 0.717) is 11.5 Å². The minimum Gasteiger partial charge on any atom is -0.485 e. The molecule has 4 nitrogen and oxygen atoms in total. The molecule has 1 aromatic carbocycles. The number of carbonyl (C=O) groups excluding carboxylic acids is 1. The highest BCUT2D eigenvalue weighted by molar-refractivity contribution is 5.91. The molecule has 1 N–H and O–H groups in total. The van der Waals surface area contributed by atoms with Crippen molar-refractivity contribution in [2.24, 2.45) is 0 Å². The quantitative estimate of drug-likeness (QED) is 0.793. The van der Waals surface area contributed by atoms with Gasteiger partial charge in [-0.1, -0.05) is 24.3 Å². The fourth-order valence-corrected chi connectivity index (χ4v) is 2.03. The highest BCUT2D eigenvalue weighted by atomic mass is 16.5. The van der Waals surface area contributed by atoms with Gasteiger partial charge in [0, 0.05) is 6.04 Å². The normalized spacial score (nSPS) is 10.5. The lowest BCUT2D eigenvalue weighted by molar-refractivity contribution is 0.0911. The number of hydrogen-bond donors (Lipinski definition) is 1. The summed E-state index contributed by atoms with van der Waals surface area (Å²) in [6, 6.07) is 11.3. The number of nitrogens with one attached hydrogen (secondary N) is 1. The first-order chi connectivity index (χ1) is 10.6. The molecule has 0 aliphatic carbocycles. The van der Waals surface area contributed by atoms with Crippen molar-refractivity contribution in [1.29, 1.82) is 0 Å². The number of carbonyl (C=O) groups is 1. The van der Waals surface area contributed by atoms with Gasteiger partial charge in [0.25, 0.3) is 5.91 Å². The summed E-state index contributed by atoms with van der Waals surface area (Å²) in [6.45, 7) is 7.83. The Hall–Kier alpha value is -2.49. The van der Waals surface area contributed by atoms with Crippen molar-refractivity contribution in [3.05, 3.63) is 66.1 Å². The Morgan fingerprint density at radius 3 is 2.82 bits per heavy atom. The van der Waals surface area contributed by atoms with Crippen LogP contribution in [-0.4, -0.2) is 11.9 Å². The Bertz CT molecular complexity index is 643. The number of para-hydroxylation sites is 1. The van der Waals surface area contributed by atoms with E-state index >= 15 is 0 Å². The van der Waals surface area contributed by atoms with Gasteiger partial charge in [-0.15, -0.1) is 6.58 Å². The average molecular weight is 299 g/mol. The lowest BCUT2D eigenvalue weighted by Gasteiger charge is -2.09. The van der Waals surface area contributed by atoms with Crippen molar-refractivity contribution >= 4 is 5.91 Å². The first-order valence-electron chi connectivity index (χ1n) is 7.31. The van der Waals surface area contributed by atoms with Crippen LogP contribution in [0.25, 0.3) is 0 Å². The van der Waals surface area contributed by atoms with E-state index in [9.17, 15) is 4.79 Å². The van der Waals surface area contributed by atoms with Crippen molar-refractivity contribution < 1.29 is 13.9 Å². The molecular formula is C18H21NO3. The van der Waals surface area contributed by atoms with Gasteiger partial charge in [-0.3, -0.25) is 4.79 Å². The van der Waals surface area contributed by atoms with Crippen LogP contribution in [0.5, 0.6) is 5.75 Å². The summed E-state index contributed by atoms with van der Waals surface area (Å²) in [5, 5.41) is 2.79. The monoisotopic (exact) mass is 299 g/mol. The maximum atomic E-state index is 11.8. The third kappa shape index (κ3) is 4.25. The molecule has 2 rings (SSSR count). The van der Waals surface area contributed by atoms with E-state index in [4.69, 9.17) is 9.15 Å². The van der Waals surface area contributed by atoms with E-state index < -0.39 is 0 Å². The number of furan rings is 1. The Kier molecular flexibility index (Phi) is 5.42. The van der Waals surface area contributed by atoms with E-state index in [2.05, 4.69) is 11.9 Å². The molecule has 2 aromatic rings. The predicted molar refractivity (Wildman–Crippen MR) is 86.0 cm³/mol. The highest BCUT2D eigenvalue weighted by Gasteiger charge is 2.12. The summed E-state index contributed by atoms with van der Waals surface area (Å²) in [6.07, 6.45) is 2.58. The average Bonchev–Trinajstić information content (AvgIpc) is 2.95. The minimum atomic E-state index is -0.215. The molecule has 0 aliphatic rings. The molecule has 1 amide bonds.